The molecule has 29 heavy (non-hydrogen) atoms. The fourth-order valence-electron chi connectivity index (χ4n) is 3.75. The SMILES string of the molecule is Cc1ccc(NC(=O)C2CN(C(=O)C3=Nc4ccccc4C3)CC(F)(F)C2)cc1. The van der Waals surface area contributed by atoms with Crippen LogP contribution in [0.3, 0.4) is 0 Å². The lowest BCUT2D eigenvalue weighted by Gasteiger charge is -2.36. The summed E-state index contributed by atoms with van der Waals surface area (Å²) in [5, 5.41) is 2.68. The van der Waals surface area contributed by atoms with E-state index in [1.165, 1.54) is 0 Å². The van der Waals surface area contributed by atoms with Crippen molar-refractivity contribution in [3.63, 3.8) is 0 Å². The summed E-state index contributed by atoms with van der Waals surface area (Å²) >= 11 is 0. The predicted octanol–water partition coefficient (Wildman–Crippen LogP) is 3.75. The van der Waals surface area contributed by atoms with E-state index < -0.39 is 36.6 Å². The highest BCUT2D eigenvalue weighted by Gasteiger charge is 2.45. The van der Waals surface area contributed by atoms with E-state index in [0.29, 0.717) is 17.8 Å². The van der Waals surface area contributed by atoms with Gasteiger partial charge in [0, 0.05) is 25.1 Å². The summed E-state index contributed by atoms with van der Waals surface area (Å²) in [4.78, 5) is 30.8. The molecule has 0 bridgehead atoms. The Morgan fingerprint density at radius 3 is 2.59 bits per heavy atom. The average molecular weight is 397 g/mol. The van der Waals surface area contributed by atoms with Crippen molar-refractivity contribution in [2.45, 2.75) is 25.7 Å². The molecule has 0 radical (unpaired) electrons. The van der Waals surface area contributed by atoms with Gasteiger partial charge in [0.1, 0.15) is 5.71 Å². The van der Waals surface area contributed by atoms with Crippen LogP contribution in [-0.4, -0.2) is 41.4 Å². The number of likely N-dealkylation sites (tertiary alicyclic amines) is 1. The molecular formula is C22H21F2N3O2. The maximum absolute atomic E-state index is 14.4. The van der Waals surface area contributed by atoms with Crippen LogP contribution in [0.4, 0.5) is 20.2 Å². The van der Waals surface area contributed by atoms with Gasteiger partial charge in [-0.15, -0.1) is 0 Å². The van der Waals surface area contributed by atoms with Gasteiger partial charge in [-0.3, -0.25) is 9.59 Å². The Labute approximate surface area is 167 Å². The third-order valence-corrected chi connectivity index (χ3v) is 5.24. The van der Waals surface area contributed by atoms with Gasteiger partial charge < -0.3 is 10.2 Å². The van der Waals surface area contributed by atoms with Gasteiger partial charge in [-0.25, -0.2) is 13.8 Å². The second-order valence-electron chi connectivity index (χ2n) is 7.66. The normalized spacial score (nSPS) is 20.0. The molecule has 2 heterocycles. The van der Waals surface area contributed by atoms with Crippen LogP contribution in [0.1, 0.15) is 17.5 Å². The van der Waals surface area contributed by atoms with Crippen molar-refractivity contribution in [1.29, 1.82) is 0 Å². The molecule has 2 aliphatic heterocycles. The number of benzene rings is 2. The van der Waals surface area contributed by atoms with Crippen LogP contribution >= 0.6 is 0 Å². The summed E-state index contributed by atoms with van der Waals surface area (Å²) in [6.07, 6.45) is -0.265. The first-order valence-electron chi connectivity index (χ1n) is 9.51. The lowest BCUT2D eigenvalue weighted by Crippen LogP contribution is -2.53. The molecular weight excluding hydrogens is 376 g/mol. The van der Waals surface area contributed by atoms with Crippen molar-refractivity contribution in [1.82, 2.24) is 4.90 Å². The lowest BCUT2D eigenvalue weighted by molar-refractivity contribution is -0.144. The molecule has 5 nitrogen and oxygen atoms in total. The number of hydrogen-bond acceptors (Lipinski definition) is 3. The van der Waals surface area contributed by atoms with Crippen molar-refractivity contribution in [3.05, 3.63) is 59.7 Å². The van der Waals surface area contributed by atoms with Gasteiger partial charge in [-0.05, 0) is 30.7 Å². The predicted molar refractivity (Wildman–Crippen MR) is 107 cm³/mol. The number of anilines is 1. The number of rotatable bonds is 3. The second-order valence-corrected chi connectivity index (χ2v) is 7.66. The highest BCUT2D eigenvalue weighted by Crippen LogP contribution is 2.33. The minimum Gasteiger partial charge on any atom is -0.331 e. The molecule has 1 N–H and O–H groups in total. The van der Waals surface area contributed by atoms with Crippen molar-refractivity contribution in [2.75, 3.05) is 18.4 Å². The van der Waals surface area contributed by atoms with Crippen molar-refractivity contribution < 1.29 is 18.4 Å². The zero-order chi connectivity index (χ0) is 20.6. The van der Waals surface area contributed by atoms with Gasteiger partial charge >= 0.3 is 0 Å². The molecule has 1 unspecified atom stereocenters. The summed E-state index contributed by atoms with van der Waals surface area (Å²) in [5.74, 6) is -5.17. The van der Waals surface area contributed by atoms with Gasteiger partial charge in [0.15, 0.2) is 0 Å². The van der Waals surface area contributed by atoms with E-state index in [1.807, 2.05) is 37.3 Å². The summed E-state index contributed by atoms with van der Waals surface area (Å²) in [6, 6.07) is 14.4. The van der Waals surface area contributed by atoms with Crippen molar-refractivity contribution >= 4 is 28.9 Å². The monoisotopic (exact) mass is 397 g/mol. The van der Waals surface area contributed by atoms with Crippen LogP contribution in [0.2, 0.25) is 0 Å². The number of nitrogens with zero attached hydrogens (tertiary/aromatic N) is 2. The Morgan fingerprint density at radius 1 is 1.14 bits per heavy atom. The molecule has 1 atom stereocenters. The minimum atomic E-state index is -3.13. The number of aliphatic imine (C=N–C) groups is 1. The van der Waals surface area contributed by atoms with Crippen LogP contribution < -0.4 is 5.32 Å². The van der Waals surface area contributed by atoms with Crippen LogP contribution in [0.5, 0.6) is 0 Å². The number of aryl methyl sites for hydroxylation is 1. The summed E-state index contributed by atoms with van der Waals surface area (Å²) in [7, 11) is 0. The van der Waals surface area contributed by atoms with Gasteiger partial charge in [0.25, 0.3) is 11.8 Å². The summed E-state index contributed by atoms with van der Waals surface area (Å²) in [6.45, 7) is 1.16. The smallest absolute Gasteiger partial charge is 0.268 e. The zero-order valence-electron chi connectivity index (χ0n) is 16.0. The van der Waals surface area contributed by atoms with Gasteiger partial charge in [-0.1, -0.05) is 35.9 Å². The van der Waals surface area contributed by atoms with E-state index in [4.69, 9.17) is 0 Å². The number of amides is 2. The van der Waals surface area contributed by atoms with E-state index in [0.717, 1.165) is 16.0 Å². The standard InChI is InChI=1S/C22H21F2N3O2/c1-14-6-8-17(9-7-14)25-20(28)16-11-22(23,24)13-27(12-16)21(29)19-10-15-4-2-3-5-18(15)26-19/h2-9,16H,10-13H2,1H3,(H,25,28). The lowest BCUT2D eigenvalue weighted by atomic mass is 9.93. The highest BCUT2D eigenvalue weighted by atomic mass is 19.3. The van der Waals surface area contributed by atoms with Gasteiger partial charge in [0.2, 0.25) is 5.91 Å². The van der Waals surface area contributed by atoms with Gasteiger partial charge in [-0.2, -0.15) is 0 Å². The molecule has 7 heteroatoms. The second kappa shape index (κ2) is 7.39. The van der Waals surface area contributed by atoms with E-state index in [2.05, 4.69) is 10.3 Å². The largest absolute Gasteiger partial charge is 0.331 e. The Kier molecular flexibility index (Phi) is 4.90. The number of hydrogen-bond donors (Lipinski definition) is 1. The van der Waals surface area contributed by atoms with E-state index >= 15 is 0 Å². The Hall–Kier alpha value is -3.09. The first-order chi connectivity index (χ1) is 13.8. The third-order valence-electron chi connectivity index (χ3n) is 5.24. The molecule has 0 spiro atoms. The number of alkyl halides is 2. The first-order valence-corrected chi connectivity index (χ1v) is 9.51. The number of fused-ring (bicyclic) bond motifs is 1. The van der Waals surface area contributed by atoms with Crippen molar-refractivity contribution in [2.24, 2.45) is 10.9 Å². The molecule has 2 amide bonds. The zero-order valence-corrected chi connectivity index (χ0v) is 16.0. The number of carbonyl (C=O) groups is 2. The van der Waals surface area contributed by atoms with Crippen LogP contribution in [0.25, 0.3) is 0 Å². The minimum absolute atomic E-state index is 0.0541. The molecule has 4 rings (SSSR count). The van der Waals surface area contributed by atoms with E-state index in [-0.39, 0.29) is 12.3 Å². The summed E-state index contributed by atoms with van der Waals surface area (Å²) < 4.78 is 28.7. The highest BCUT2D eigenvalue weighted by molar-refractivity contribution is 6.40. The molecule has 0 aliphatic carbocycles. The number of halogens is 2. The Bertz CT molecular complexity index is 986. The molecule has 1 saturated heterocycles. The molecule has 1 fully saturated rings. The Morgan fingerprint density at radius 2 is 1.86 bits per heavy atom. The molecule has 150 valence electrons. The fraction of sp³-hybridized carbons (Fsp3) is 0.318. The first kappa shape index (κ1) is 19.2. The third kappa shape index (κ3) is 4.18. The topological polar surface area (TPSA) is 61.8 Å². The molecule has 2 aromatic carbocycles. The maximum Gasteiger partial charge on any atom is 0.268 e. The molecule has 0 saturated carbocycles. The fourth-order valence-corrected chi connectivity index (χ4v) is 3.75. The van der Waals surface area contributed by atoms with E-state index in [1.54, 1.807) is 18.2 Å². The number of piperidine rings is 1. The molecule has 2 aliphatic rings. The van der Waals surface area contributed by atoms with Crippen LogP contribution in [0.15, 0.2) is 53.5 Å². The number of nitrogens with one attached hydrogen (secondary N) is 1. The summed E-state index contributed by atoms with van der Waals surface area (Å²) in [5.41, 5.74) is 3.40. The maximum atomic E-state index is 14.4. The molecule has 2 aromatic rings. The van der Waals surface area contributed by atoms with Gasteiger partial charge in [0.05, 0.1) is 18.2 Å². The van der Waals surface area contributed by atoms with Crippen molar-refractivity contribution in [3.8, 4) is 0 Å². The van der Waals surface area contributed by atoms with Crippen LogP contribution in [0, 0.1) is 12.8 Å². The Balaban J connectivity index is 1.48. The quantitative estimate of drug-likeness (QED) is 0.858. The van der Waals surface area contributed by atoms with Crippen LogP contribution in [-0.2, 0) is 16.0 Å². The van der Waals surface area contributed by atoms with E-state index in [9.17, 15) is 18.4 Å². The average Bonchev–Trinajstić information content (AvgIpc) is 3.12. The number of carbonyl (C=O) groups excluding carboxylic acids is 2. The number of para-hydroxylation sites is 1. The molecule has 0 aromatic heterocycles.